The molecule has 118 valence electrons. The SMILES string of the molecule is CCn1c(SCc2cccc(OC)c2)nnc1C1CCCC1. The van der Waals surface area contributed by atoms with Crippen LogP contribution in [0.5, 0.6) is 5.75 Å². The Balaban J connectivity index is 1.72. The number of benzene rings is 1. The van der Waals surface area contributed by atoms with E-state index >= 15 is 0 Å². The van der Waals surface area contributed by atoms with Gasteiger partial charge in [0.2, 0.25) is 0 Å². The number of ether oxygens (including phenoxy) is 1. The molecule has 5 heteroatoms. The Morgan fingerprint density at radius 1 is 1.27 bits per heavy atom. The third kappa shape index (κ3) is 3.29. The zero-order valence-corrected chi connectivity index (χ0v) is 14.1. The van der Waals surface area contributed by atoms with Crippen molar-refractivity contribution in [3.05, 3.63) is 35.7 Å². The molecule has 1 saturated carbocycles. The van der Waals surface area contributed by atoms with Crippen LogP contribution in [0.25, 0.3) is 0 Å². The lowest BCUT2D eigenvalue weighted by atomic mass is 10.1. The Kier molecular flexibility index (Phi) is 5.03. The summed E-state index contributed by atoms with van der Waals surface area (Å²) >= 11 is 1.76. The maximum atomic E-state index is 5.28. The summed E-state index contributed by atoms with van der Waals surface area (Å²) < 4.78 is 7.57. The molecule has 0 atom stereocenters. The molecule has 0 saturated heterocycles. The highest BCUT2D eigenvalue weighted by atomic mass is 32.2. The molecule has 1 aliphatic rings. The molecule has 1 aromatic carbocycles. The smallest absolute Gasteiger partial charge is 0.191 e. The molecule has 2 aromatic rings. The first-order valence-electron chi connectivity index (χ1n) is 8.00. The van der Waals surface area contributed by atoms with Crippen LogP contribution in [0, 0.1) is 0 Å². The molecule has 0 amide bonds. The summed E-state index contributed by atoms with van der Waals surface area (Å²) in [6.07, 6.45) is 5.18. The third-order valence-electron chi connectivity index (χ3n) is 4.28. The highest BCUT2D eigenvalue weighted by Crippen LogP contribution is 2.35. The van der Waals surface area contributed by atoms with E-state index in [1.165, 1.54) is 37.1 Å². The van der Waals surface area contributed by atoms with E-state index in [0.717, 1.165) is 23.2 Å². The maximum absolute atomic E-state index is 5.28. The summed E-state index contributed by atoms with van der Waals surface area (Å²) in [4.78, 5) is 0. The molecule has 0 unspecified atom stereocenters. The topological polar surface area (TPSA) is 39.9 Å². The lowest BCUT2D eigenvalue weighted by Gasteiger charge is -2.11. The number of thioether (sulfide) groups is 1. The Bertz CT molecular complexity index is 620. The van der Waals surface area contributed by atoms with E-state index in [1.54, 1.807) is 18.9 Å². The monoisotopic (exact) mass is 317 g/mol. The van der Waals surface area contributed by atoms with Crippen LogP contribution in [0.3, 0.4) is 0 Å². The average molecular weight is 317 g/mol. The Labute approximate surface area is 136 Å². The molecular formula is C17H23N3OS. The van der Waals surface area contributed by atoms with Gasteiger partial charge in [-0.3, -0.25) is 0 Å². The van der Waals surface area contributed by atoms with E-state index in [1.807, 2.05) is 12.1 Å². The van der Waals surface area contributed by atoms with Gasteiger partial charge in [-0.2, -0.15) is 0 Å². The van der Waals surface area contributed by atoms with Crippen molar-refractivity contribution in [2.75, 3.05) is 7.11 Å². The molecule has 1 aromatic heterocycles. The Morgan fingerprint density at radius 3 is 2.82 bits per heavy atom. The van der Waals surface area contributed by atoms with E-state index in [9.17, 15) is 0 Å². The molecule has 0 radical (unpaired) electrons. The van der Waals surface area contributed by atoms with Crippen molar-refractivity contribution in [1.29, 1.82) is 0 Å². The predicted molar refractivity (Wildman–Crippen MR) is 89.5 cm³/mol. The van der Waals surface area contributed by atoms with Crippen molar-refractivity contribution >= 4 is 11.8 Å². The molecule has 1 aliphatic carbocycles. The van der Waals surface area contributed by atoms with Crippen molar-refractivity contribution in [2.45, 2.75) is 56.0 Å². The highest BCUT2D eigenvalue weighted by Gasteiger charge is 2.23. The van der Waals surface area contributed by atoms with E-state index in [2.05, 4.69) is 33.8 Å². The van der Waals surface area contributed by atoms with Gasteiger partial charge in [-0.15, -0.1) is 10.2 Å². The van der Waals surface area contributed by atoms with Crippen LogP contribution in [0.1, 0.15) is 49.9 Å². The van der Waals surface area contributed by atoms with Crippen molar-refractivity contribution in [2.24, 2.45) is 0 Å². The molecule has 0 spiro atoms. The van der Waals surface area contributed by atoms with E-state index in [0.29, 0.717) is 5.92 Å². The second kappa shape index (κ2) is 7.18. The average Bonchev–Trinajstić information content (AvgIpc) is 3.21. The van der Waals surface area contributed by atoms with Gasteiger partial charge in [-0.05, 0) is 37.5 Å². The first kappa shape index (κ1) is 15.4. The van der Waals surface area contributed by atoms with E-state index in [4.69, 9.17) is 4.74 Å². The number of hydrogen-bond acceptors (Lipinski definition) is 4. The van der Waals surface area contributed by atoms with Crippen molar-refractivity contribution in [3.8, 4) is 5.75 Å². The van der Waals surface area contributed by atoms with Gasteiger partial charge in [0.1, 0.15) is 11.6 Å². The third-order valence-corrected chi connectivity index (χ3v) is 5.32. The number of aromatic nitrogens is 3. The van der Waals surface area contributed by atoms with Gasteiger partial charge in [0.15, 0.2) is 5.16 Å². The number of nitrogens with zero attached hydrogens (tertiary/aromatic N) is 3. The molecule has 1 heterocycles. The first-order valence-corrected chi connectivity index (χ1v) is 8.99. The van der Waals surface area contributed by atoms with Crippen LogP contribution < -0.4 is 4.74 Å². The van der Waals surface area contributed by atoms with Crippen molar-refractivity contribution < 1.29 is 4.74 Å². The van der Waals surface area contributed by atoms with E-state index < -0.39 is 0 Å². The van der Waals surface area contributed by atoms with Gasteiger partial charge in [0, 0.05) is 18.2 Å². The van der Waals surface area contributed by atoms with Crippen LogP contribution in [-0.4, -0.2) is 21.9 Å². The molecule has 1 fully saturated rings. The van der Waals surface area contributed by atoms with Gasteiger partial charge >= 0.3 is 0 Å². The number of hydrogen-bond donors (Lipinski definition) is 0. The fourth-order valence-corrected chi connectivity index (χ4v) is 4.05. The second-order valence-electron chi connectivity index (χ2n) is 5.71. The van der Waals surface area contributed by atoms with Crippen LogP contribution in [-0.2, 0) is 12.3 Å². The zero-order valence-electron chi connectivity index (χ0n) is 13.3. The molecule has 3 rings (SSSR count). The zero-order chi connectivity index (χ0) is 15.4. The van der Waals surface area contributed by atoms with Crippen molar-refractivity contribution in [1.82, 2.24) is 14.8 Å². The number of methoxy groups -OCH3 is 1. The van der Waals surface area contributed by atoms with Gasteiger partial charge in [-0.1, -0.05) is 36.7 Å². The fourth-order valence-electron chi connectivity index (χ4n) is 3.10. The van der Waals surface area contributed by atoms with Crippen LogP contribution in [0.15, 0.2) is 29.4 Å². The summed E-state index contributed by atoms with van der Waals surface area (Å²) in [6.45, 7) is 3.12. The van der Waals surface area contributed by atoms with Crippen LogP contribution >= 0.6 is 11.8 Å². The highest BCUT2D eigenvalue weighted by molar-refractivity contribution is 7.98. The quantitative estimate of drug-likeness (QED) is 0.747. The molecular weight excluding hydrogens is 294 g/mol. The summed E-state index contributed by atoms with van der Waals surface area (Å²) in [7, 11) is 1.70. The Morgan fingerprint density at radius 2 is 2.09 bits per heavy atom. The second-order valence-corrected chi connectivity index (χ2v) is 6.65. The lowest BCUT2D eigenvalue weighted by molar-refractivity contribution is 0.414. The fraction of sp³-hybridized carbons (Fsp3) is 0.529. The summed E-state index contributed by atoms with van der Waals surface area (Å²) in [5, 5.41) is 9.95. The molecule has 0 aliphatic heterocycles. The largest absolute Gasteiger partial charge is 0.497 e. The molecule has 0 bridgehead atoms. The van der Waals surface area contributed by atoms with Gasteiger partial charge < -0.3 is 9.30 Å². The first-order chi connectivity index (χ1) is 10.8. The molecule has 0 N–H and O–H groups in total. The summed E-state index contributed by atoms with van der Waals surface area (Å²) in [5.74, 6) is 3.59. The van der Waals surface area contributed by atoms with E-state index in [-0.39, 0.29) is 0 Å². The minimum atomic E-state index is 0.610. The minimum absolute atomic E-state index is 0.610. The van der Waals surface area contributed by atoms with Crippen LogP contribution in [0.2, 0.25) is 0 Å². The van der Waals surface area contributed by atoms with Gasteiger partial charge in [0.05, 0.1) is 7.11 Å². The summed E-state index contributed by atoms with van der Waals surface area (Å²) in [5.41, 5.74) is 1.25. The molecule has 4 nitrogen and oxygen atoms in total. The van der Waals surface area contributed by atoms with Gasteiger partial charge in [-0.25, -0.2) is 0 Å². The minimum Gasteiger partial charge on any atom is -0.497 e. The number of rotatable bonds is 6. The molecule has 22 heavy (non-hydrogen) atoms. The van der Waals surface area contributed by atoms with Crippen molar-refractivity contribution in [3.63, 3.8) is 0 Å². The maximum Gasteiger partial charge on any atom is 0.191 e. The lowest BCUT2D eigenvalue weighted by Crippen LogP contribution is -2.06. The Hall–Kier alpha value is -1.49. The predicted octanol–water partition coefficient (Wildman–Crippen LogP) is 4.26. The normalized spacial score (nSPS) is 15.4. The summed E-state index contributed by atoms with van der Waals surface area (Å²) in [6, 6.07) is 8.21. The standard InChI is InChI=1S/C17H23N3OS/c1-3-20-16(14-8-4-5-9-14)18-19-17(20)22-12-13-7-6-10-15(11-13)21-2/h6-7,10-11,14H,3-5,8-9,12H2,1-2H3. The van der Waals surface area contributed by atoms with Gasteiger partial charge in [0.25, 0.3) is 0 Å². The van der Waals surface area contributed by atoms with Crippen LogP contribution in [0.4, 0.5) is 0 Å².